The molecule has 2 aromatic carbocycles. The molecule has 2 heterocycles. The molecule has 0 aliphatic carbocycles. The molecule has 1 saturated heterocycles. The summed E-state index contributed by atoms with van der Waals surface area (Å²) >= 11 is 0. The van der Waals surface area contributed by atoms with Gasteiger partial charge in [0.15, 0.2) is 5.69 Å². The van der Waals surface area contributed by atoms with Gasteiger partial charge in [-0.1, -0.05) is 61.5 Å². The molecule has 11 nitrogen and oxygen atoms in total. The maximum atomic E-state index is 13.8. The van der Waals surface area contributed by atoms with Gasteiger partial charge >= 0.3 is 6.18 Å². The maximum Gasteiger partial charge on any atom is 0.452 e. The number of aromatic nitrogens is 1. The second kappa shape index (κ2) is 15.2. The molecule has 1 aliphatic rings. The van der Waals surface area contributed by atoms with Crippen LogP contribution >= 0.6 is 0 Å². The molecular weight excluding hydrogens is 607 g/mol. The third-order valence-electron chi connectivity index (χ3n) is 7.82. The fourth-order valence-corrected chi connectivity index (χ4v) is 5.51. The number of halogens is 3. The monoisotopic (exact) mass is 645 g/mol. The maximum absolute atomic E-state index is 13.8. The van der Waals surface area contributed by atoms with E-state index in [2.05, 4.69) is 30.9 Å². The molecule has 4 rings (SSSR count). The van der Waals surface area contributed by atoms with Gasteiger partial charge in [-0.25, -0.2) is 0 Å². The van der Waals surface area contributed by atoms with E-state index >= 15 is 0 Å². The number of nitrogens with zero attached hydrogens (tertiary/aromatic N) is 1. The smallest absolute Gasteiger partial charge is 0.394 e. The highest BCUT2D eigenvalue weighted by molar-refractivity contribution is 5.98. The largest absolute Gasteiger partial charge is 0.452 e. The summed E-state index contributed by atoms with van der Waals surface area (Å²) in [7, 11) is 0. The number of rotatable bonds is 13. The van der Waals surface area contributed by atoms with E-state index in [1.807, 2.05) is 44.2 Å². The van der Waals surface area contributed by atoms with Crippen LogP contribution in [0.2, 0.25) is 0 Å². The van der Waals surface area contributed by atoms with E-state index in [4.69, 9.17) is 0 Å². The summed E-state index contributed by atoms with van der Waals surface area (Å²) < 4.78 is 43.5. The number of aliphatic hydroxyl groups excluding tert-OH is 1. The van der Waals surface area contributed by atoms with Gasteiger partial charge in [-0.15, -0.1) is 0 Å². The summed E-state index contributed by atoms with van der Waals surface area (Å²) in [6.07, 6.45) is -3.11. The first-order valence-electron chi connectivity index (χ1n) is 15.2. The van der Waals surface area contributed by atoms with Crippen LogP contribution in [0.3, 0.4) is 0 Å². The lowest BCUT2D eigenvalue weighted by Crippen LogP contribution is -2.56. The summed E-state index contributed by atoms with van der Waals surface area (Å²) in [6.45, 7) is 3.85. The van der Waals surface area contributed by atoms with Crippen molar-refractivity contribution in [3.05, 3.63) is 65.5 Å². The summed E-state index contributed by atoms with van der Waals surface area (Å²) in [5.74, 6) is -4.46. The van der Waals surface area contributed by atoms with Crippen LogP contribution in [0.1, 0.15) is 61.3 Å². The zero-order chi connectivity index (χ0) is 33.4. The molecule has 1 aromatic heterocycles. The van der Waals surface area contributed by atoms with Gasteiger partial charge in [0.1, 0.15) is 12.1 Å². The van der Waals surface area contributed by atoms with Crippen LogP contribution in [0, 0.1) is 11.8 Å². The summed E-state index contributed by atoms with van der Waals surface area (Å²) in [5, 5.41) is 25.5. The number of carbonyl (C=O) groups is 4. The zero-order valence-corrected chi connectivity index (χ0v) is 25.5. The number of alkyl halides is 3. The van der Waals surface area contributed by atoms with Crippen LogP contribution in [0.4, 0.5) is 13.2 Å². The van der Waals surface area contributed by atoms with E-state index in [-0.39, 0.29) is 37.0 Å². The minimum Gasteiger partial charge on any atom is -0.394 e. The Labute approximate surface area is 263 Å². The van der Waals surface area contributed by atoms with Gasteiger partial charge in [0.25, 0.3) is 5.91 Å². The van der Waals surface area contributed by atoms with Gasteiger partial charge in [0, 0.05) is 24.9 Å². The standard InChI is InChI=1S/C32H38F3N5O6/c1-18(2)13-24(29(43)37-22(17-41)14-21-10-6-12-36-28(21)42)38-30(44)25(15-20-9-5-8-19-7-3-4-11-23(19)20)39-31(45)26-16-27(46-40-26)32(33,34)35/h3-5,7-9,11,16,18,21-22,24-25,41H,6,10,12-15,17H2,1-2H3,(H,36,42)(H,37,43)(H,38,44)(H,39,45). The van der Waals surface area contributed by atoms with E-state index in [1.54, 1.807) is 12.1 Å². The quantitative estimate of drug-likeness (QED) is 0.191. The van der Waals surface area contributed by atoms with Crippen LogP contribution in [-0.2, 0) is 27.0 Å². The third-order valence-corrected chi connectivity index (χ3v) is 7.82. The molecule has 1 aliphatic heterocycles. The van der Waals surface area contributed by atoms with Crippen molar-refractivity contribution in [1.82, 2.24) is 26.4 Å². The van der Waals surface area contributed by atoms with Gasteiger partial charge < -0.3 is 30.9 Å². The molecule has 0 radical (unpaired) electrons. The highest BCUT2D eigenvalue weighted by Crippen LogP contribution is 2.29. The fourth-order valence-electron chi connectivity index (χ4n) is 5.51. The highest BCUT2D eigenvalue weighted by Gasteiger charge is 2.37. The van der Waals surface area contributed by atoms with Crippen molar-refractivity contribution in [3.63, 3.8) is 0 Å². The molecule has 4 atom stereocenters. The first-order valence-corrected chi connectivity index (χ1v) is 15.2. The lowest BCUT2D eigenvalue weighted by Gasteiger charge is -2.28. The molecule has 1 fully saturated rings. The average molecular weight is 646 g/mol. The van der Waals surface area contributed by atoms with Gasteiger partial charge in [-0.2, -0.15) is 13.2 Å². The Kier molecular flexibility index (Phi) is 11.4. The minimum absolute atomic E-state index is 0.0604. The molecular formula is C32H38F3N5O6. The van der Waals surface area contributed by atoms with Crippen molar-refractivity contribution in [1.29, 1.82) is 0 Å². The van der Waals surface area contributed by atoms with Crippen molar-refractivity contribution in [3.8, 4) is 0 Å². The Hall–Kier alpha value is -4.46. The number of benzene rings is 2. The normalized spacial score (nSPS) is 17.2. The van der Waals surface area contributed by atoms with Crippen LogP contribution < -0.4 is 21.3 Å². The van der Waals surface area contributed by atoms with E-state index in [9.17, 15) is 37.5 Å². The van der Waals surface area contributed by atoms with Crippen LogP contribution in [0.15, 0.2) is 53.1 Å². The number of nitrogens with one attached hydrogen (secondary N) is 4. The molecule has 0 bridgehead atoms. The van der Waals surface area contributed by atoms with Gasteiger partial charge in [-0.05, 0) is 47.9 Å². The molecule has 5 N–H and O–H groups in total. The molecule has 3 aromatic rings. The summed E-state index contributed by atoms with van der Waals surface area (Å²) in [5.41, 5.74) is 0.00250. The molecule has 46 heavy (non-hydrogen) atoms. The van der Waals surface area contributed by atoms with Crippen molar-refractivity contribution >= 4 is 34.4 Å². The van der Waals surface area contributed by atoms with Gasteiger partial charge in [0.05, 0.1) is 12.6 Å². The Morgan fingerprint density at radius 2 is 1.76 bits per heavy atom. The Bertz CT molecular complexity index is 1540. The molecule has 0 spiro atoms. The number of amides is 4. The van der Waals surface area contributed by atoms with Crippen molar-refractivity contribution < 1.29 is 42.0 Å². The van der Waals surface area contributed by atoms with Crippen LogP contribution in [0.25, 0.3) is 10.8 Å². The fraction of sp³-hybridized carbons (Fsp3) is 0.469. The van der Waals surface area contributed by atoms with E-state index < -0.39 is 60.1 Å². The number of hydrogen-bond donors (Lipinski definition) is 5. The minimum atomic E-state index is -4.87. The highest BCUT2D eigenvalue weighted by atomic mass is 19.4. The van der Waals surface area contributed by atoms with Gasteiger partial charge in [0.2, 0.25) is 23.5 Å². The first kappa shape index (κ1) is 34.4. The predicted molar refractivity (Wildman–Crippen MR) is 161 cm³/mol. The zero-order valence-electron chi connectivity index (χ0n) is 25.5. The van der Waals surface area contributed by atoms with Crippen molar-refractivity contribution in [2.45, 2.75) is 70.3 Å². The molecule has 4 amide bonds. The number of fused-ring (bicyclic) bond motifs is 1. The predicted octanol–water partition coefficient (Wildman–Crippen LogP) is 3.11. The number of hydrogen-bond acceptors (Lipinski definition) is 7. The van der Waals surface area contributed by atoms with Crippen molar-refractivity contribution in [2.24, 2.45) is 11.8 Å². The lowest BCUT2D eigenvalue weighted by atomic mass is 9.91. The summed E-state index contributed by atoms with van der Waals surface area (Å²) in [4.78, 5) is 52.5. The first-order chi connectivity index (χ1) is 21.8. The van der Waals surface area contributed by atoms with Crippen LogP contribution in [0.5, 0.6) is 0 Å². The molecule has 14 heteroatoms. The SMILES string of the molecule is CC(C)CC(NC(=O)C(Cc1cccc2ccccc12)NC(=O)c1cc(C(F)(F)F)on1)C(=O)NC(CO)CC1CCCNC1=O. The van der Waals surface area contributed by atoms with Crippen LogP contribution in [-0.4, -0.2) is 65.2 Å². The Morgan fingerprint density at radius 3 is 2.43 bits per heavy atom. The van der Waals surface area contributed by atoms with Crippen molar-refractivity contribution in [2.75, 3.05) is 13.2 Å². The molecule has 248 valence electrons. The lowest BCUT2D eigenvalue weighted by molar-refractivity contribution is -0.155. The van der Waals surface area contributed by atoms with E-state index in [0.29, 0.717) is 24.6 Å². The van der Waals surface area contributed by atoms with E-state index in [0.717, 1.165) is 17.2 Å². The Balaban J connectivity index is 1.56. The number of piperidine rings is 1. The Morgan fingerprint density at radius 1 is 1.04 bits per heavy atom. The van der Waals surface area contributed by atoms with Gasteiger partial charge in [-0.3, -0.25) is 19.2 Å². The molecule has 0 saturated carbocycles. The average Bonchev–Trinajstić information content (AvgIpc) is 3.53. The van der Waals surface area contributed by atoms with E-state index in [1.165, 1.54) is 0 Å². The summed E-state index contributed by atoms with van der Waals surface area (Å²) in [6, 6.07) is 10.1. The number of carbonyl (C=O) groups excluding carboxylic acids is 4. The number of aliphatic hydroxyl groups is 1. The third kappa shape index (κ3) is 9.05. The second-order valence-corrected chi connectivity index (χ2v) is 11.9. The topological polar surface area (TPSA) is 163 Å². The molecule has 4 unspecified atom stereocenters. The second-order valence-electron chi connectivity index (χ2n) is 11.9.